The summed E-state index contributed by atoms with van der Waals surface area (Å²) in [5.41, 5.74) is -0.185. The minimum Gasteiger partial charge on any atom is -0.480 e. The Hall–Kier alpha value is -1.00. The molecule has 0 saturated carbocycles. The molecule has 1 rings (SSSR count). The molecule has 0 radical (unpaired) electrons. The van der Waals surface area contributed by atoms with E-state index in [4.69, 9.17) is 5.11 Å². The number of hydrogen-bond donors (Lipinski definition) is 2. The second kappa shape index (κ2) is 5.37. The monoisotopic (exact) mass is 240 g/mol. The Labute approximate surface area is 99.5 Å². The molecule has 0 spiro atoms. The summed E-state index contributed by atoms with van der Waals surface area (Å²) in [5, 5.41) is 18.4. The van der Waals surface area contributed by atoms with E-state index >= 15 is 0 Å². The van der Waals surface area contributed by atoms with E-state index in [1.165, 1.54) is 11.8 Å². The van der Waals surface area contributed by atoms with Gasteiger partial charge < -0.3 is 10.2 Å². The summed E-state index contributed by atoms with van der Waals surface area (Å²) in [6.07, 6.45) is 0. The van der Waals surface area contributed by atoms with Crippen molar-refractivity contribution in [2.24, 2.45) is 0 Å². The Morgan fingerprint density at radius 2 is 2.00 bits per heavy atom. The molecule has 0 amide bonds. The minimum absolute atomic E-state index is 0.366. The van der Waals surface area contributed by atoms with Crippen molar-refractivity contribution >= 4 is 17.7 Å². The maximum Gasteiger partial charge on any atom is 0.316 e. The second-order valence-electron chi connectivity index (χ2n) is 3.93. The Balaban J connectivity index is 2.62. The van der Waals surface area contributed by atoms with Crippen LogP contribution in [0.5, 0.6) is 0 Å². The molecule has 1 aromatic rings. The molecular weight excluding hydrogens is 224 g/mol. The molecule has 0 heterocycles. The third kappa shape index (κ3) is 3.54. The molecule has 0 aromatic heterocycles. The first-order chi connectivity index (χ1) is 7.43. The molecule has 16 heavy (non-hydrogen) atoms. The molecular formula is C12H16O3S. The summed E-state index contributed by atoms with van der Waals surface area (Å²) < 4.78 is 0. The number of carbonyl (C=O) groups is 1. The molecule has 0 bridgehead atoms. The highest BCUT2D eigenvalue weighted by molar-refractivity contribution is 8.00. The van der Waals surface area contributed by atoms with Crippen LogP contribution in [0, 0.1) is 0 Å². The Morgan fingerprint density at radius 1 is 1.44 bits per heavy atom. The minimum atomic E-state index is -0.990. The van der Waals surface area contributed by atoms with Crippen LogP contribution in [0.2, 0.25) is 0 Å². The van der Waals surface area contributed by atoms with Crippen molar-refractivity contribution in [1.29, 1.82) is 0 Å². The third-order valence-electron chi connectivity index (χ3n) is 2.36. The van der Waals surface area contributed by atoms with Crippen LogP contribution in [0.4, 0.5) is 0 Å². The molecule has 0 aliphatic rings. The Bertz CT molecular complexity index is 349. The standard InChI is InChI=1S/C12H16O3S/c1-9(11(13)14)16-8-12(2,15)10-6-4-3-5-7-10/h3-7,9,15H,8H2,1-2H3,(H,13,14). The molecule has 0 saturated heterocycles. The van der Waals surface area contributed by atoms with Gasteiger partial charge in [-0.05, 0) is 19.4 Å². The molecule has 0 aliphatic heterocycles. The van der Waals surface area contributed by atoms with Crippen molar-refractivity contribution in [2.45, 2.75) is 24.7 Å². The largest absolute Gasteiger partial charge is 0.480 e. The van der Waals surface area contributed by atoms with Crippen LogP contribution >= 0.6 is 11.8 Å². The maximum atomic E-state index is 10.7. The highest BCUT2D eigenvalue weighted by atomic mass is 32.2. The smallest absolute Gasteiger partial charge is 0.316 e. The van der Waals surface area contributed by atoms with Gasteiger partial charge in [0, 0.05) is 5.75 Å². The van der Waals surface area contributed by atoms with Crippen molar-refractivity contribution in [2.75, 3.05) is 5.75 Å². The Morgan fingerprint density at radius 3 is 2.50 bits per heavy atom. The number of rotatable bonds is 5. The maximum absolute atomic E-state index is 10.7. The fourth-order valence-electron chi connectivity index (χ4n) is 1.24. The number of aliphatic carboxylic acids is 1. The number of thioether (sulfide) groups is 1. The molecule has 2 atom stereocenters. The predicted octanol–water partition coefficient (Wildman–Crippen LogP) is 2.10. The topological polar surface area (TPSA) is 57.5 Å². The lowest BCUT2D eigenvalue weighted by atomic mass is 9.99. The van der Waals surface area contributed by atoms with Gasteiger partial charge in [0.1, 0.15) is 0 Å². The van der Waals surface area contributed by atoms with Gasteiger partial charge in [-0.25, -0.2) is 0 Å². The lowest BCUT2D eigenvalue weighted by Gasteiger charge is -2.24. The average Bonchev–Trinajstić information content (AvgIpc) is 2.27. The van der Waals surface area contributed by atoms with E-state index < -0.39 is 16.8 Å². The van der Waals surface area contributed by atoms with Gasteiger partial charge in [0.15, 0.2) is 0 Å². The van der Waals surface area contributed by atoms with Crippen LogP contribution in [-0.4, -0.2) is 27.2 Å². The summed E-state index contributed by atoms with van der Waals surface area (Å²) in [6, 6.07) is 9.27. The SMILES string of the molecule is CC(SCC(C)(O)c1ccccc1)C(=O)O. The molecule has 4 heteroatoms. The van der Waals surface area contributed by atoms with E-state index in [0.29, 0.717) is 5.75 Å². The quantitative estimate of drug-likeness (QED) is 0.827. The van der Waals surface area contributed by atoms with Gasteiger partial charge in [0.25, 0.3) is 0 Å². The van der Waals surface area contributed by atoms with Gasteiger partial charge in [-0.1, -0.05) is 30.3 Å². The molecule has 0 fully saturated rings. The number of aliphatic hydroxyl groups is 1. The molecule has 88 valence electrons. The van der Waals surface area contributed by atoms with Crippen molar-refractivity contribution < 1.29 is 15.0 Å². The number of benzene rings is 1. The summed E-state index contributed by atoms with van der Waals surface area (Å²) in [6.45, 7) is 3.32. The molecule has 1 aromatic carbocycles. The first-order valence-electron chi connectivity index (χ1n) is 5.06. The molecule has 3 nitrogen and oxygen atoms in total. The van der Waals surface area contributed by atoms with Gasteiger partial charge in [-0.2, -0.15) is 0 Å². The van der Waals surface area contributed by atoms with Crippen LogP contribution in [0.15, 0.2) is 30.3 Å². The first-order valence-corrected chi connectivity index (χ1v) is 6.10. The van der Waals surface area contributed by atoms with Crippen LogP contribution in [0.3, 0.4) is 0 Å². The first kappa shape index (κ1) is 13.1. The van der Waals surface area contributed by atoms with E-state index in [1.54, 1.807) is 13.8 Å². The predicted molar refractivity (Wildman–Crippen MR) is 65.6 cm³/mol. The fraction of sp³-hybridized carbons (Fsp3) is 0.417. The normalized spacial score (nSPS) is 16.4. The van der Waals surface area contributed by atoms with E-state index in [9.17, 15) is 9.90 Å². The van der Waals surface area contributed by atoms with Crippen molar-refractivity contribution in [3.63, 3.8) is 0 Å². The van der Waals surface area contributed by atoms with Crippen molar-refractivity contribution in [3.8, 4) is 0 Å². The van der Waals surface area contributed by atoms with Crippen molar-refractivity contribution in [3.05, 3.63) is 35.9 Å². The number of hydrogen-bond acceptors (Lipinski definition) is 3. The zero-order valence-corrected chi connectivity index (χ0v) is 10.2. The van der Waals surface area contributed by atoms with Gasteiger partial charge >= 0.3 is 5.97 Å². The summed E-state index contributed by atoms with van der Waals surface area (Å²) >= 11 is 1.24. The van der Waals surface area contributed by atoms with E-state index in [0.717, 1.165) is 5.56 Å². The molecule has 2 N–H and O–H groups in total. The van der Waals surface area contributed by atoms with Crippen LogP contribution in [-0.2, 0) is 10.4 Å². The fourth-order valence-corrected chi connectivity index (χ4v) is 2.12. The molecule has 0 aliphatic carbocycles. The van der Waals surface area contributed by atoms with E-state index in [1.807, 2.05) is 30.3 Å². The van der Waals surface area contributed by atoms with Gasteiger partial charge in [0.2, 0.25) is 0 Å². The number of carboxylic acids is 1. The zero-order chi connectivity index (χ0) is 12.2. The van der Waals surface area contributed by atoms with Gasteiger partial charge in [-0.3, -0.25) is 4.79 Å². The van der Waals surface area contributed by atoms with Crippen LogP contribution in [0.25, 0.3) is 0 Å². The summed E-state index contributed by atoms with van der Waals surface area (Å²) in [4.78, 5) is 10.7. The third-order valence-corrected chi connectivity index (χ3v) is 3.79. The average molecular weight is 240 g/mol. The van der Waals surface area contributed by atoms with Crippen LogP contribution in [0.1, 0.15) is 19.4 Å². The highest BCUT2D eigenvalue weighted by Crippen LogP contribution is 2.26. The van der Waals surface area contributed by atoms with Gasteiger partial charge in [0.05, 0.1) is 10.9 Å². The van der Waals surface area contributed by atoms with Crippen molar-refractivity contribution in [1.82, 2.24) is 0 Å². The number of carboxylic acid groups (broad SMARTS) is 1. The van der Waals surface area contributed by atoms with Crippen LogP contribution < -0.4 is 0 Å². The molecule has 2 unspecified atom stereocenters. The Kier molecular flexibility index (Phi) is 4.38. The summed E-state index contributed by atoms with van der Waals surface area (Å²) in [7, 11) is 0. The van der Waals surface area contributed by atoms with E-state index in [2.05, 4.69) is 0 Å². The van der Waals surface area contributed by atoms with E-state index in [-0.39, 0.29) is 0 Å². The lowest BCUT2D eigenvalue weighted by molar-refractivity contribution is -0.136. The summed E-state index contributed by atoms with van der Waals surface area (Å²) in [5.74, 6) is -0.487. The lowest BCUT2D eigenvalue weighted by Crippen LogP contribution is -2.26. The second-order valence-corrected chi connectivity index (χ2v) is 5.26. The van der Waals surface area contributed by atoms with Gasteiger partial charge in [-0.15, -0.1) is 11.8 Å². The highest BCUT2D eigenvalue weighted by Gasteiger charge is 2.25. The zero-order valence-electron chi connectivity index (χ0n) is 9.38.